The lowest BCUT2D eigenvalue weighted by Gasteiger charge is -2.45. The first-order valence-corrected chi connectivity index (χ1v) is 19.3. The molecule has 0 saturated carbocycles. The SMILES string of the molecule is Nc1ncnc2c1ncn2[C@@H]1O[C@H](CO)C(O[C@H]2O[C@H](CO)[C@@H](OP(O)(O)=S)[C@H](OP(O)(O)=S)[C@H]2O)[C@H]1OP(O)(O)=S. The van der Waals surface area contributed by atoms with Gasteiger partial charge in [0.1, 0.15) is 54.6 Å². The lowest BCUT2D eigenvalue weighted by Crippen LogP contribution is -2.61. The van der Waals surface area contributed by atoms with E-state index in [1.165, 1.54) is 10.9 Å². The third-order valence-corrected chi connectivity index (χ3v) is 8.32. The molecule has 9 atom stereocenters. The maximum atomic E-state index is 11.1. The zero-order chi connectivity index (χ0) is 31.2. The van der Waals surface area contributed by atoms with Gasteiger partial charge in [-0.25, -0.2) is 15.0 Å². The van der Waals surface area contributed by atoms with Crippen LogP contribution in [0, 0.1) is 0 Å². The smallest absolute Gasteiger partial charge is 0.322 e. The second-order valence-corrected chi connectivity index (χ2v) is 16.7. The molecular weight excluding hydrogens is 691 g/mol. The van der Waals surface area contributed by atoms with Gasteiger partial charge in [0.25, 0.3) is 0 Å². The number of nitrogens with two attached hydrogens (primary N) is 1. The van der Waals surface area contributed by atoms with Crippen molar-refractivity contribution in [3.8, 4) is 0 Å². The van der Waals surface area contributed by atoms with E-state index in [1.807, 2.05) is 0 Å². The number of fused-ring (bicyclic) bond motifs is 1. The Morgan fingerprint density at radius 1 is 0.810 bits per heavy atom. The van der Waals surface area contributed by atoms with E-state index in [0.29, 0.717) is 0 Å². The van der Waals surface area contributed by atoms with Crippen molar-refractivity contribution in [2.24, 2.45) is 0 Å². The lowest BCUT2D eigenvalue weighted by atomic mass is 9.99. The first-order chi connectivity index (χ1) is 19.4. The molecule has 2 aliphatic rings. The van der Waals surface area contributed by atoms with Crippen LogP contribution in [-0.2, 0) is 63.2 Å². The molecule has 4 rings (SSSR count). The second-order valence-electron chi connectivity index (χ2n) is 8.83. The fourth-order valence-corrected chi connectivity index (χ4v) is 7.01. The Labute approximate surface area is 251 Å². The van der Waals surface area contributed by atoms with Crippen molar-refractivity contribution in [3.63, 3.8) is 0 Å². The van der Waals surface area contributed by atoms with Gasteiger partial charge in [-0.3, -0.25) is 18.1 Å². The Hall–Kier alpha value is -0.300. The molecule has 1 unspecified atom stereocenters. The zero-order valence-electron chi connectivity index (χ0n) is 20.7. The highest BCUT2D eigenvalue weighted by Crippen LogP contribution is 2.49. The molecule has 2 aromatic heterocycles. The number of aromatic nitrogens is 4. The topological polar surface area (TPSA) is 307 Å². The first kappa shape index (κ1) is 34.6. The summed E-state index contributed by atoms with van der Waals surface area (Å²) in [6.07, 6.45) is -12.8. The Bertz CT molecular complexity index is 1410. The molecule has 0 radical (unpaired) electrons. The normalized spacial score (nSPS) is 32.9. The highest BCUT2D eigenvalue weighted by Gasteiger charge is 2.55. The number of nitrogens with zero attached hydrogens (tertiary/aromatic N) is 4. The Balaban J connectivity index is 1.71. The summed E-state index contributed by atoms with van der Waals surface area (Å²) in [7, 11) is 0. The molecule has 2 saturated heterocycles. The summed E-state index contributed by atoms with van der Waals surface area (Å²) < 4.78 is 33.8. The molecule has 0 aliphatic carbocycles. The summed E-state index contributed by atoms with van der Waals surface area (Å²) in [5.41, 5.74) is 6.11. The predicted molar refractivity (Wildman–Crippen MR) is 148 cm³/mol. The Kier molecular flexibility index (Phi) is 10.9. The second kappa shape index (κ2) is 13.2. The minimum atomic E-state index is -4.58. The molecule has 0 aromatic carbocycles. The van der Waals surface area contributed by atoms with Crippen LogP contribution in [0.3, 0.4) is 0 Å². The zero-order valence-corrected chi connectivity index (χ0v) is 25.8. The molecule has 2 aliphatic heterocycles. The Morgan fingerprint density at radius 2 is 1.36 bits per heavy atom. The highest BCUT2D eigenvalue weighted by molar-refractivity contribution is 8.07. The molecule has 0 bridgehead atoms. The number of hydrogen-bond donors (Lipinski definition) is 10. The number of imidazole rings is 1. The van der Waals surface area contributed by atoms with Crippen molar-refractivity contribution in [3.05, 3.63) is 12.7 Å². The number of aliphatic hydroxyl groups is 3. The van der Waals surface area contributed by atoms with E-state index in [2.05, 4.69) is 50.4 Å². The number of aliphatic hydroxyl groups excluding tert-OH is 3. The van der Waals surface area contributed by atoms with Crippen molar-refractivity contribution < 1.29 is 72.5 Å². The number of nitrogen functional groups attached to an aromatic ring is 1. The van der Waals surface area contributed by atoms with E-state index in [1.54, 1.807) is 0 Å². The van der Waals surface area contributed by atoms with Crippen LogP contribution in [0.25, 0.3) is 11.2 Å². The summed E-state index contributed by atoms with van der Waals surface area (Å²) >= 11 is 13.6. The van der Waals surface area contributed by atoms with Gasteiger partial charge in [0.2, 0.25) is 0 Å². The molecule has 2 fully saturated rings. The molecule has 26 heteroatoms. The summed E-state index contributed by atoms with van der Waals surface area (Å²) in [5.74, 6) is 0.0106. The van der Waals surface area contributed by atoms with Crippen molar-refractivity contribution in [1.82, 2.24) is 19.5 Å². The summed E-state index contributed by atoms with van der Waals surface area (Å²) in [6, 6.07) is 0. The molecule has 20 nitrogen and oxygen atoms in total. The van der Waals surface area contributed by atoms with Gasteiger partial charge < -0.3 is 64.6 Å². The average molecular weight is 718 g/mol. The van der Waals surface area contributed by atoms with Gasteiger partial charge in [0.05, 0.1) is 19.5 Å². The number of anilines is 1. The van der Waals surface area contributed by atoms with Gasteiger partial charge >= 0.3 is 20.2 Å². The highest BCUT2D eigenvalue weighted by atomic mass is 32.5. The fraction of sp³-hybridized carbons (Fsp3) is 0.688. The molecule has 2 aromatic rings. The minimum Gasteiger partial charge on any atom is -0.394 e. The van der Waals surface area contributed by atoms with Gasteiger partial charge in [0, 0.05) is 0 Å². The van der Waals surface area contributed by atoms with Crippen LogP contribution >= 0.6 is 20.2 Å². The summed E-state index contributed by atoms with van der Waals surface area (Å²) in [5, 5.41) is 31.1. The molecule has 238 valence electrons. The van der Waals surface area contributed by atoms with Gasteiger partial charge in [-0.2, -0.15) is 0 Å². The van der Waals surface area contributed by atoms with Crippen LogP contribution in [0.5, 0.6) is 0 Å². The van der Waals surface area contributed by atoms with E-state index >= 15 is 0 Å². The van der Waals surface area contributed by atoms with Gasteiger partial charge in [-0.1, -0.05) is 0 Å². The summed E-state index contributed by atoms with van der Waals surface area (Å²) in [4.78, 5) is 71.0. The summed E-state index contributed by atoms with van der Waals surface area (Å²) in [6.45, 7) is -15.3. The van der Waals surface area contributed by atoms with E-state index in [0.717, 1.165) is 6.33 Å². The number of hydrogen-bond acceptors (Lipinski definition) is 16. The van der Waals surface area contributed by atoms with Crippen LogP contribution in [0.1, 0.15) is 6.23 Å². The maximum absolute atomic E-state index is 11.1. The van der Waals surface area contributed by atoms with Gasteiger partial charge in [-0.15, -0.1) is 0 Å². The molecular formula is C16H26N5O15P3S3. The number of rotatable bonds is 11. The van der Waals surface area contributed by atoms with E-state index in [-0.39, 0.29) is 17.0 Å². The van der Waals surface area contributed by atoms with E-state index in [9.17, 15) is 44.7 Å². The molecule has 4 heterocycles. The third kappa shape index (κ3) is 8.10. The quantitative estimate of drug-likeness (QED) is 0.101. The molecule has 0 spiro atoms. The van der Waals surface area contributed by atoms with Crippen LogP contribution in [0.4, 0.5) is 5.82 Å². The largest absolute Gasteiger partial charge is 0.394 e. The van der Waals surface area contributed by atoms with E-state index in [4.69, 9.17) is 33.5 Å². The third-order valence-electron chi connectivity index (χ3n) is 5.99. The molecule has 0 amide bonds. The van der Waals surface area contributed by atoms with E-state index < -0.39 is 88.6 Å². The standard InChI is InChI=1S/C16H26N5O15P3S3/c17-13-7-14(19-3-18-13)21(4-20-7)15-12(36-39(29,30)42)9(5(1-22)31-15)33-16-8(24)11(35-38(27,28)41)10(6(2-23)32-16)34-37(25,26)40/h3-6,8-12,15-16,22-24H,1-2H2,(H2,17,18,19)(H2,25,26,40)(H2,27,28,41)(H2,29,30,42)/t5-,6-,8-,9?,10-,11-,12-,15-,16-/m1/s1. The van der Waals surface area contributed by atoms with Crippen molar-refractivity contribution in [2.75, 3.05) is 18.9 Å². The van der Waals surface area contributed by atoms with Crippen LogP contribution in [-0.4, -0.2) is 126 Å². The van der Waals surface area contributed by atoms with Crippen molar-refractivity contribution in [2.45, 2.75) is 55.2 Å². The molecule has 11 N–H and O–H groups in total. The lowest BCUT2D eigenvalue weighted by molar-refractivity contribution is -0.312. The van der Waals surface area contributed by atoms with Crippen LogP contribution in [0.2, 0.25) is 0 Å². The van der Waals surface area contributed by atoms with Gasteiger partial charge in [0.15, 0.2) is 24.0 Å². The van der Waals surface area contributed by atoms with Crippen LogP contribution < -0.4 is 5.73 Å². The first-order valence-electron chi connectivity index (χ1n) is 11.4. The van der Waals surface area contributed by atoms with Crippen LogP contribution in [0.15, 0.2) is 12.7 Å². The molecule has 42 heavy (non-hydrogen) atoms. The average Bonchev–Trinajstić information content (AvgIpc) is 3.42. The van der Waals surface area contributed by atoms with Crippen molar-refractivity contribution in [1.29, 1.82) is 0 Å². The van der Waals surface area contributed by atoms with Gasteiger partial charge in [-0.05, 0) is 35.4 Å². The predicted octanol–water partition coefficient (Wildman–Crippen LogP) is -3.46. The minimum absolute atomic E-state index is 0.0106. The van der Waals surface area contributed by atoms with Crippen molar-refractivity contribution >= 4 is 72.6 Å². The fourth-order valence-electron chi connectivity index (χ4n) is 4.44. The Morgan fingerprint density at radius 3 is 1.93 bits per heavy atom. The maximum Gasteiger partial charge on any atom is 0.322 e. The monoisotopic (exact) mass is 717 g/mol. The number of ether oxygens (including phenoxy) is 3.